The third-order valence-corrected chi connectivity index (χ3v) is 4.39. The van der Waals surface area contributed by atoms with Gasteiger partial charge in [-0.3, -0.25) is 0 Å². The minimum atomic E-state index is 0.533. The molecule has 1 aliphatic rings. The Morgan fingerprint density at radius 2 is 2.29 bits per heavy atom. The molecule has 1 heterocycles. The number of nitrogens with one attached hydrogen (secondary N) is 1. The number of aryl methyl sites for hydroxylation is 1. The second-order valence-corrected chi connectivity index (χ2v) is 5.56. The van der Waals surface area contributed by atoms with Gasteiger partial charge in [0.25, 0.3) is 0 Å². The lowest BCUT2D eigenvalue weighted by Gasteiger charge is -2.24. The zero-order chi connectivity index (χ0) is 10.2. The third kappa shape index (κ3) is 1.73. The monoisotopic (exact) mass is 209 g/mol. The van der Waals surface area contributed by atoms with Crippen molar-refractivity contribution in [3.8, 4) is 0 Å². The highest BCUT2D eigenvalue weighted by molar-refractivity contribution is 7.10. The van der Waals surface area contributed by atoms with Gasteiger partial charge in [-0.2, -0.15) is 0 Å². The van der Waals surface area contributed by atoms with Gasteiger partial charge in [0.2, 0.25) is 0 Å². The van der Waals surface area contributed by atoms with Crippen molar-refractivity contribution in [2.45, 2.75) is 39.7 Å². The van der Waals surface area contributed by atoms with E-state index in [0.29, 0.717) is 11.5 Å². The number of thiophene rings is 1. The lowest BCUT2D eigenvalue weighted by molar-refractivity contribution is 0.377. The van der Waals surface area contributed by atoms with E-state index in [0.717, 1.165) is 6.54 Å². The number of hydrogen-bond donors (Lipinski definition) is 1. The largest absolute Gasteiger partial charge is 0.309 e. The van der Waals surface area contributed by atoms with E-state index in [9.17, 15) is 0 Å². The topological polar surface area (TPSA) is 12.0 Å². The minimum Gasteiger partial charge on any atom is -0.309 e. The molecule has 1 aromatic heterocycles. The highest BCUT2D eigenvalue weighted by atomic mass is 32.1. The molecule has 1 fully saturated rings. The van der Waals surface area contributed by atoms with Crippen LogP contribution in [0.1, 0.15) is 43.2 Å². The van der Waals surface area contributed by atoms with E-state index < -0.39 is 0 Å². The summed E-state index contributed by atoms with van der Waals surface area (Å²) < 4.78 is 0. The Kier molecular flexibility index (Phi) is 2.67. The molecule has 14 heavy (non-hydrogen) atoms. The smallest absolute Gasteiger partial charge is 0.0471 e. The SMILES string of the molecule is CCNC(c1sccc1C)C1(C)CC1. The molecule has 0 amide bonds. The fourth-order valence-electron chi connectivity index (χ4n) is 2.03. The molecular weight excluding hydrogens is 190 g/mol. The van der Waals surface area contributed by atoms with Crippen LogP contribution in [0.2, 0.25) is 0 Å². The number of hydrogen-bond acceptors (Lipinski definition) is 2. The standard InChI is InChI=1S/C12H19NS/c1-4-13-11(12(3)6-7-12)10-9(2)5-8-14-10/h5,8,11,13H,4,6-7H2,1-3H3. The van der Waals surface area contributed by atoms with E-state index in [4.69, 9.17) is 0 Å². The van der Waals surface area contributed by atoms with Gasteiger partial charge >= 0.3 is 0 Å². The van der Waals surface area contributed by atoms with Crippen molar-refractivity contribution in [2.75, 3.05) is 6.54 Å². The second kappa shape index (κ2) is 3.67. The summed E-state index contributed by atoms with van der Waals surface area (Å²) in [5.74, 6) is 0. The Morgan fingerprint density at radius 3 is 2.71 bits per heavy atom. The summed E-state index contributed by atoms with van der Waals surface area (Å²) in [6.07, 6.45) is 2.75. The van der Waals surface area contributed by atoms with Gasteiger partial charge in [-0.1, -0.05) is 13.8 Å². The zero-order valence-electron chi connectivity index (χ0n) is 9.26. The predicted molar refractivity (Wildman–Crippen MR) is 62.8 cm³/mol. The van der Waals surface area contributed by atoms with Crippen LogP contribution in [0, 0.1) is 12.3 Å². The highest BCUT2D eigenvalue weighted by Gasteiger charge is 2.45. The van der Waals surface area contributed by atoms with Crippen LogP contribution in [-0.2, 0) is 0 Å². The molecular formula is C12H19NS. The van der Waals surface area contributed by atoms with Crippen molar-refractivity contribution in [1.82, 2.24) is 5.32 Å². The molecule has 1 saturated carbocycles. The maximum Gasteiger partial charge on any atom is 0.0471 e. The van der Waals surface area contributed by atoms with Crippen molar-refractivity contribution < 1.29 is 0 Å². The summed E-state index contributed by atoms with van der Waals surface area (Å²) in [5, 5.41) is 5.85. The number of rotatable bonds is 4. The van der Waals surface area contributed by atoms with Crippen LogP contribution in [0.15, 0.2) is 11.4 Å². The van der Waals surface area contributed by atoms with Crippen LogP contribution >= 0.6 is 11.3 Å². The lowest BCUT2D eigenvalue weighted by Crippen LogP contribution is -2.27. The molecule has 1 nitrogen and oxygen atoms in total. The van der Waals surface area contributed by atoms with Crippen LogP contribution in [0.3, 0.4) is 0 Å². The quantitative estimate of drug-likeness (QED) is 0.800. The van der Waals surface area contributed by atoms with Gasteiger partial charge in [-0.05, 0) is 48.7 Å². The summed E-state index contributed by atoms with van der Waals surface area (Å²) in [5.41, 5.74) is 1.99. The summed E-state index contributed by atoms with van der Waals surface area (Å²) in [4.78, 5) is 1.55. The highest BCUT2D eigenvalue weighted by Crippen LogP contribution is 2.55. The van der Waals surface area contributed by atoms with Gasteiger partial charge in [-0.15, -0.1) is 11.3 Å². The van der Waals surface area contributed by atoms with Gasteiger partial charge in [0, 0.05) is 10.9 Å². The molecule has 0 saturated heterocycles. The average Bonchev–Trinajstić information content (AvgIpc) is 2.75. The lowest BCUT2D eigenvalue weighted by atomic mass is 9.95. The van der Waals surface area contributed by atoms with E-state index in [1.807, 2.05) is 11.3 Å². The van der Waals surface area contributed by atoms with Crippen LogP contribution in [0.4, 0.5) is 0 Å². The van der Waals surface area contributed by atoms with Gasteiger partial charge in [0.1, 0.15) is 0 Å². The van der Waals surface area contributed by atoms with E-state index in [-0.39, 0.29) is 0 Å². The summed E-state index contributed by atoms with van der Waals surface area (Å²) >= 11 is 1.90. The summed E-state index contributed by atoms with van der Waals surface area (Å²) in [6.45, 7) is 7.89. The molecule has 1 N–H and O–H groups in total. The first-order valence-electron chi connectivity index (χ1n) is 5.45. The minimum absolute atomic E-state index is 0.533. The first-order valence-corrected chi connectivity index (χ1v) is 6.33. The molecule has 1 unspecified atom stereocenters. The first kappa shape index (κ1) is 10.2. The molecule has 2 heteroatoms. The average molecular weight is 209 g/mol. The molecule has 0 radical (unpaired) electrons. The maximum absolute atomic E-state index is 3.64. The van der Waals surface area contributed by atoms with E-state index in [2.05, 4.69) is 37.5 Å². The van der Waals surface area contributed by atoms with E-state index >= 15 is 0 Å². The zero-order valence-corrected chi connectivity index (χ0v) is 10.1. The van der Waals surface area contributed by atoms with Gasteiger partial charge in [0.05, 0.1) is 0 Å². The Labute approximate surface area is 90.5 Å². The third-order valence-electron chi connectivity index (χ3n) is 3.31. The van der Waals surface area contributed by atoms with Crippen molar-refractivity contribution in [2.24, 2.45) is 5.41 Å². The molecule has 1 aromatic rings. The van der Waals surface area contributed by atoms with Crippen molar-refractivity contribution in [3.05, 3.63) is 21.9 Å². The molecule has 0 aliphatic heterocycles. The Bertz CT molecular complexity index is 312. The normalized spacial score (nSPS) is 20.8. The second-order valence-electron chi connectivity index (χ2n) is 4.61. The molecule has 0 spiro atoms. The van der Waals surface area contributed by atoms with E-state index in [1.54, 1.807) is 4.88 Å². The van der Waals surface area contributed by atoms with Crippen molar-refractivity contribution in [3.63, 3.8) is 0 Å². The van der Waals surface area contributed by atoms with Gasteiger partial charge in [0.15, 0.2) is 0 Å². The van der Waals surface area contributed by atoms with Crippen molar-refractivity contribution >= 4 is 11.3 Å². The molecule has 0 aromatic carbocycles. The van der Waals surface area contributed by atoms with Crippen molar-refractivity contribution in [1.29, 1.82) is 0 Å². The van der Waals surface area contributed by atoms with Gasteiger partial charge < -0.3 is 5.32 Å². The fourth-order valence-corrected chi connectivity index (χ4v) is 3.20. The van der Waals surface area contributed by atoms with Crippen LogP contribution in [0.25, 0.3) is 0 Å². The Balaban J connectivity index is 2.23. The molecule has 1 aliphatic carbocycles. The van der Waals surface area contributed by atoms with E-state index in [1.165, 1.54) is 18.4 Å². The molecule has 1 atom stereocenters. The van der Waals surface area contributed by atoms with Gasteiger partial charge in [-0.25, -0.2) is 0 Å². The van der Waals surface area contributed by atoms with Crippen LogP contribution in [0.5, 0.6) is 0 Å². The molecule has 78 valence electrons. The Hall–Kier alpha value is -0.340. The fraction of sp³-hybridized carbons (Fsp3) is 0.667. The van der Waals surface area contributed by atoms with Crippen LogP contribution < -0.4 is 5.32 Å². The maximum atomic E-state index is 3.64. The predicted octanol–water partition coefficient (Wildman–Crippen LogP) is 3.51. The summed E-state index contributed by atoms with van der Waals surface area (Å²) in [6, 6.07) is 2.82. The Morgan fingerprint density at radius 1 is 1.57 bits per heavy atom. The first-order chi connectivity index (χ1) is 6.67. The molecule has 0 bridgehead atoms. The molecule has 2 rings (SSSR count). The summed E-state index contributed by atoms with van der Waals surface area (Å²) in [7, 11) is 0. The van der Waals surface area contributed by atoms with Crippen LogP contribution in [-0.4, -0.2) is 6.54 Å².